The Morgan fingerprint density at radius 1 is 1.50 bits per heavy atom. The molecule has 2 heterocycles. The number of aromatic nitrogens is 2. The molecule has 88 valence electrons. The lowest BCUT2D eigenvalue weighted by molar-refractivity contribution is 0.371. The molecular formula is C12H20N4. The molecule has 0 aromatic carbocycles. The van der Waals surface area contributed by atoms with Crippen LogP contribution in [0.5, 0.6) is 0 Å². The van der Waals surface area contributed by atoms with E-state index in [2.05, 4.69) is 28.1 Å². The maximum atomic E-state index is 5.76. The molecule has 1 saturated heterocycles. The van der Waals surface area contributed by atoms with Crippen LogP contribution < -0.4 is 10.6 Å². The fraction of sp³-hybridized carbons (Fsp3) is 0.667. The zero-order valence-electron chi connectivity index (χ0n) is 10.1. The lowest BCUT2D eigenvalue weighted by atomic mass is 9.93. The molecule has 1 fully saturated rings. The van der Waals surface area contributed by atoms with Crippen molar-refractivity contribution in [2.75, 3.05) is 18.0 Å². The van der Waals surface area contributed by atoms with Gasteiger partial charge >= 0.3 is 0 Å². The second-order valence-corrected chi connectivity index (χ2v) is 4.77. The van der Waals surface area contributed by atoms with Gasteiger partial charge in [-0.15, -0.1) is 5.10 Å². The predicted octanol–water partition coefficient (Wildman–Crippen LogP) is 1.35. The predicted molar refractivity (Wildman–Crippen MR) is 65.4 cm³/mol. The van der Waals surface area contributed by atoms with E-state index in [1.54, 1.807) is 6.20 Å². The highest BCUT2D eigenvalue weighted by molar-refractivity contribution is 5.40. The monoisotopic (exact) mass is 220 g/mol. The van der Waals surface area contributed by atoms with E-state index in [9.17, 15) is 0 Å². The first kappa shape index (κ1) is 11.3. The molecular weight excluding hydrogens is 200 g/mol. The van der Waals surface area contributed by atoms with Gasteiger partial charge in [0.05, 0.1) is 6.20 Å². The standard InChI is InChI=1S/C12H20N4/c1-9-5-12(15-14-7-9)16-8-11(6-13)4-3-10(16)2/h5,7,10-11H,3-4,6,8,13H2,1-2H3. The largest absolute Gasteiger partial charge is 0.352 e. The smallest absolute Gasteiger partial charge is 0.151 e. The van der Waals surface area contributed by atoms with Crippen molar-refractivity contribution < 1.29 is 0 Å². The van der Waals surface area contributed by atoms with Gasteiger partial charge in [0.15, 0.2) is 5.82 Å². The first-order valence-corrected chi connectivity index (χ1v) is 5.96. The Morgan fingerprint density at radius 2 is 2.31 bits per heavy atom. The molecule has 2 rings (SSSR count). The molecule has 0 bridgehead atoms. The Kier molecular flexibility index (Phi) is 3.39. The molecule has 2 atom stereocenters. The molecule has 16 heavy (non-hydrogen) atoms. The minimum absolute atomic E-state index is 0.541. The Labute approximate surface area is 96.9 Å². The molecule has 4 nitrogen and oxygen atoms in total. The van der Waals surface area contributed by atoms with E-state index in [4.69, 9.17) is 5.73 Å². The number of aryl methyl sites for hydroxylation is 1. The van der Waals surface area contributed by atoms with E-state index in [0.717, 1.165) is 24.5 Å². The van der Waals surface area contributed by atoms with Crippen LogP contribution in [0.2, 0.25) is 0 Å². The average molecular weight is 220 g/mol. The first-order valence-electron chi connectivity index (χ1n) is 5.96. The SMILES string of the molecule is Cc1cnnc(N2CC(CN)CCC2C)c1. The molecule has 2 unspecified atom stereocenters. The topological polar surface area (TPSA) is 55.0 Å². The van der Waals surface area contributed by atoms with Gasteiger partial charge in [-0.2, -0.15) is 5.10 Å². The number of nitrogens with two attached hydrogens (primary N) is 1. The highest BCUT2D eigenvalue weighted by atomic mass is 15.3. The molecule has 1 aliphatic rings. The number of nitrogens with zero attached hydrogens (tertiary/aromatic N) is 3. The van der Waals surface area contributed by atoms with Crippen molar-refractivity contribution in [2.45, 2.75) is 32.7 Å². The molecule has 0 radical (unpaired) electrons. The van der Waals surface area contributed by atoms with Gasteiger partial charge in [-0.3, -0.25) is 0 Å². The second-order valence-electron chi connectivity index (χ2n) is 4.77. The molecule has 1 aromatic rings. The highest BCUT2D eigenvalue weighted by Crippen LogP contribution is 2.25. The number of hydrogen-bond donors (Lipinski definition) is 1. The molecule has 1 aliphatic heterocycles. The van der Waals surface area contributed by atoms with E-state index in [-0.39, 0.29) is 0 Å². The summed E-state index contributed by atoms with van der Waals surface area (Å²) in [5.41, 5.74) is 6.92. The fourth-order valence-electron chi connectivity index (χ4n) is 2.28. The first-order chi connectivity index (χ1) is 7.70. The van der Waals surface area contributed by atoms with Crippen molar-refractivity contribution in [3.8, 4) is 0 Å². The molecule has 1 aromatic heterocycles. The summed E-state index contributed by atoms with van der Waals surface area (Å²) in [7, 11) is 0. The van der Waals surface area contributed by atoms with Crippen molar-refractivity contribution in [2.24, 2.45) is 11.7 Å². The summed E-state index contributed by atoms with van der Waals surface area (Å²) in [6.07, 6.45) is 4.21. The lowest BCUT2D eigenvalue weighted by Gasteiger charge is -2.38. The summed E-state index contributed by atoms with van der Waals surface area (Å²) in [5.74, 6) is 1.59. The number of anilines is 1. The minimum atomic E-state index is 0.541. The number of rotatable bonds is 2. The average Bonchev–Trinajstić information content (AvgIpc) is 2.30. The van der Waals surface area contributed by atoms with Crippen LogP contribution in [0.15, 0.2) is 12.3 Å². The van der Waals surface area contributed by atoms with Crippen LogP contribution in [0.4, 0.5) is 5.82 Å². The van der Waals surface area contributed by atoms with E-state index >= 15 is 0 Å². The van der Waals surface area contributed by atoms with Crippen molar-refractivity contribution in [1.82, 2.24) is 10.2 Å². The van der Waals surface area contributed by atoms with Gasteiger partial charge in [-0.05, 0) is 50.8 Å². The van der Waals surface area contributed by atoms with Gasteiger partial charge < -0.3 is 10.6 Å². The Balaban J connectivity index is 2.17. The van der Waals surface area contributed by atoms with Gasteiger partial charge in [-0.1, -0.05) is 0 Å². The van der Waals surface area contributed by atoms with Crippen molar-refractivity contribution in [1.29, 1.82) is 0 Å². The Bertz CT molecular complexity index is 353. The summed E-state index contributed by atoms with van der Waals surface area (Å²) < 4.78 is 0. The molecule has 0 amide bonds. The van der Waals surface area contributed by atoms with E-state index in [0.29, 0.717) is 12.0 Å². The Morgan fingerprint density at radius 3 is 3.00 bits per heavy atom. The van der Waals surface area contributed by atoms with E-state index in [1.165, 1.54) is 12.8 Å². The minimum Gasteiger partial charge on any atom is -0.352 e. The number of piperidine rings is 1. The van der Waals surface area contributed by atoms with Gasteiger partial charge in [0, 0.05) is 12.6 Å². The molecule has 0 spiro atoms. The van der Waals surface area contributed by atoms with Gasteiger partial charge in [-0.25, -0.2) is 0 Å². The maximum Gasteiger partial charge on any atom is 0.151 e. The molecule has 2 N–H and O–H groups in total. The van der Waals surface area contributed by atoms with Crippen LogP contribution in [-0.4, -0.2) is 29.3 Å². The van der Waals surface area contributed by atoms with Crippen LogP contribution in [0.3, 0.4) is 0 Å². The molecule has 0 saturated carbocycles. The van der Waals surface area contributed by atoms with E-state index < -0.39 is 0 Å². The highest BCUT2D eigenvalue weighted by Gasteiger charge is 2.25. The summed E-state index contributed by atoms with van der Waals surface area (Å²) in [4.78, 5) is 2.33. The third-order valence-electron chi connectivity index (χ3n) is 3.39. The molecule has 0 aliphatic carbocycles. The van der Waals surface area contributed by atoms with Crippen molar-refractivity contribution in [3.05, 3.63) is 17.8 Å². The summed E-state index contributed by atoms with van der Waals surface area (Å²) >= 11 is 0. The van der Waals surface area contributed by atoms with Crippen LogP contribution in [0, 0.1) is 12.8 Å². The normalized spacial score (nSPS) is 25.8. The Hall–Kier alpha value is -1.16. The summed E-state index contributed by atoms with van der Waals surface area (Å²) in [6, 6.07) is 2.64. The lowest BCUT2D eigenvalue weighted by Crippen LogP contribution is -2.44. The van der Waals surface area contributed by atoms with Gasteiger partial charge in [0.25, 0.3) is 0 Å². The molecule has 4 heteroatoms. The zero-order valence-corrected chi connectivity index (χ0v) is 10.1. The zero-order chi connectivity index (χ0) is 11.5. The third kappa shape index (κ3) is 2.32. The van der Waals surface area contributed by atoms with Crippen LogP contribution in [0.1, 0.15) is 25.3 Å². The fourth-order valence-corrected chi connectivity index (χ4v) is 2.28. The third-order valence-corrected chi connectivity index (χ3v) is 3.39. The quantitative estimate of drug-likeness (QED) is 0.817. The maximum absolute atomic E-state index is 5.76. The summed E-state index contributed by atoms with van der Waals surface area (Å²) in [6.45, 7) is 6.07. The second kappa shape index (κ2) is 4.78. The van der Waals surface area contributed by atoms with Gasteiger partial charge in [0.2, 0.25) is 0 Å². The van der Waals surface area contributed by atoms with E-state index in [1.807, 2.05) is 6.92 Å². The van der Waals surface area contributed by atoms with Gasteiger partial charge in [0.1, 0.15) is 0 Å². The number of hydrogen-bond acceptors (Lipinski definition) is 4. The summed E-state index contributed by atoms with van der Waals surface area (Å²) in [5, 5.41) is 8.24. The van der Waals surface area contributed by atoms with Crippen molar-refractivity contribution in [3.63, 3.8) is 0 Å². The van der Waals surface area contributed by atoms with Crippen molar-refractivity contribution >= 4 is 5.82 Å². The van der Waals surface area contributed by atoms with Crippen LogP contribution in [-0.2, 0) is 0 Å². The van der Waals surface area contributed by atoms with Crippen LogP contribution >= 0.6 is 0 Å². The van der Waals surface area contributed by atoms with Crippen LogP contribution in [0.25, 0.3) is 0 Å².